The highest BCUT2D eigenvalue weighted by molar-refractivity contribution is 8.01. The number of thioether (sulfide) groups is 1. The van der Waals surface area contributed by atoms with Crippen LogP contribution in [0.5, 0.6) is 0 Å². The number of ether oxygens (including phenoxy) is 2. The first-order chi connectivity index (χ1) is 11.2. The Morgan fingerprint density at radius 3 is 2.46 bits per heavy atom. The molecule has 1 heterocycles. The molecular weight excluding hydrogens is 345 g/mol. The van der Waals surface area contributed by atoms with Crippen molar-refractivity contribution >= 4 is 23.3 Å². The number of methoxy groups -OCH3 is 2. The number of benzene rings is 1. The third-order valence-electron chi connectivity index (χ3n) is 3.61. The number of carbonyl (C=O) groups is 1. The summed E-state index contributed by atoms with van der Waals surface area (Å²) < 4.78 is 48.7. The summed E-state index contributed by atoms with van der Waals surface area (Å²) >= 11 is 1.23. The molecule has 0 amide bonds. The maximum atomic E-state index is 13.0. The average Bonchev–Trinajstić information content (AvgIpc) is 2.45. The number of rotatable bonds is 5. The van der Waals surface area contributed by atoms with Gasteiger partial charge in [-0.15, -0.1) is 11.8 Å². The van der Waals surface area contributed by atoms with Crippen molar-refractivity contribution in [3.63, 3.8) is 0 Å². The van der Waals surface area contributed by atoms with Gasteiger partial charge in [-0.25, -0.2) is 4.79 Å². The van der Waals surface area contributed by atoms with Crippen molar-refractivity contribution in [1.29, 1.82) is 0 Å². The summed E-state index contributed by atoms with van der Waals surface area (Å²) in [5, 5.41) is 9.08. The SMILES string of the molecule is COCC1(COC)C/C(=C\C(=O)O)c2ccc(C(F)(F)F)cc2S1. The Morgan fingerprint density at radius 1 is 1.33 bits per heavy atom. The lowest BCUT2D eigenvalue weighted by molar-refractivity contribution is -0.137. The van der Waals surface area contributed by atoms with Gasteiger partial charge in [-0.2, -0.15) is 13.2 Å². The lowest BCUT2D eigenvalue weighted by Gasteiger charge is -2.37. The van der Waals surface area contributed by atoms with Gasteiger partial charge >= 0.3 is 12.1 Å². The minimum absolute atomic E-state index is 0.220. The minimum Gasteiger partial charge on any atom is -0.478 e. The van der Waals surface area contributed by atoms with Gasteiger partial charge in [0.25, 0.3) is 0 Å². The number of carboxylic acid groups (broad SMARTS) is 1. The van der Waals surface area contributed by atoms with E-state index in [1.807, 2.05) is 0 Å². The van der Waals surface area contributed by atoms with Crippen LogP contribution in [0.4, 0.5) is 13.2 Å². The van der Waals surface area contributed by atoms with Gasteiger partial charge in [-0.05, 0) is 29.7 Å². The Morgan fingerprint density at radius 2 is 1.96 bits per heavy atom. The molecule has 0 saturated carbocycles. The van der Waals surface area contributed by atoms with E-state index in [1.54, 1.807) is 0 Å². The van der Waals surface area contributed by atoms with E-state index in [4.69, 9.17) is 14.6 Å². The van der Waals surface area contributed by atoms with E-state index in [9.17, 15) is 18.0 Å². The van der Waals surface area contributed by atoms with Crippen LogP contribution in [0, 0.1) is 0 Å². The van der Waals surface area contributed by atoms with Gasteiger partial charge in [-0.1, -0.05) is 6.07 Å². The number of aliphatic carboxylic acids is 1. The van der Waals surface area contributed by atoms with E-state index < -0.39 is 22.5 Å². The lowest BCUT2D eigenvalue weighted by Crippen LogP contribution is -2.38. The molecule has 4 nitrogen and oxygen atoms in total. The Labute approximate surface area is 141 Å². The second-order valence-electron chi connectivity index (χ2n) is 5.54. The number of hydrogen-bond acceptors (Lipinski definition) is 4. The smallest absolute Gasteiger partial charge is 0.416 e. The van der Waals surface area contributed by atoms with E-state index >= 15 is 0 Å². The predicted molar refractivity (Wildman–Crippen MR) is 84.0 cm³/mol. The zero-order valence-electron chi connectivity index (χ0n) is 13.1. The standard InChI is InChI=1S/C16H17F3O4S/c1-22-8-15(9-23-2)7-10(5-14(20)21)12-4-3-11(16(17,18)19)6-13(12)24-15/h3-6H,7-9H2,1-2H3,(H,20,21)/b10-5+. The lowest BCUT2D eigenvalue weighted by atomic mass is 9.92. The average molecular weight is 362 g/mol. The number of carboxylic acids is 1. The maximum absolute atomic E-state index is 13.0. The molecule has 132 valence electrons. The van der Waals surface area contributed by atoms with Crippen LogP contribution in [0.3, 0.4) is 0 Å². The number of alkyl halides is 3. The topological polar surface area (TPSA) is 55.8 Å². The van der Waals surface area contributed by atoms with Gasteiger partial charge in [0.2, 0.25) is 0 Å². The van der Waals surface area contributed by atoms with Crippen LogP contribution in [0.2, 0.25) is 0 Å². The van der Waals surface area contributed by atoms with Crippen molar-refractivity contribution in [2.75, 3.05) is 27.4 Å². The van der Waals surface area contributed by atoms with Gasteiger partial charge in [0.05, 0.1) is 23.5 Å². The molecule has 0 spiro atoms. The van der Waals surface area contributed by atoms with Crippen LogP contribution >= 0.6 is 11.8 Å². The molecule has 0 radical (unpaired) electrons. The Balaban J connectivity index is 2.57. The highest BCUT2D eigenvalue weighted by Crippen LogP contribution is 2.49. The summed E-state index contributed by atoms with van der Waals surface area (Å²) in [5.74, 6) is -1.15. The van der Waals surface area contributed by atoms with Crippen LogP contribution in [0.15, 0.2) is 29.2 Å². The first kappa shape index (κ1) is 18.8. The van der Waals surface area contributed by atoms with E-state index in [0.717, 1.165) is 18.2 Å². The van der Waals surface area contributed by atoms with E-state index in [2.05, 4.69) is 0 Å². The molecule has 2 rings (SSSR count). The molecule has 0 aliphatic carbocycles. The summed E-state index contributed by atoms with van der Waals surface area (Å²) in [5.41, 5.74) is 0.186. The van der Waals surface area contributed by atoms with Crippen molar-refractivity contribution < 1.29 is 32.5 Å². The van der Waals surface area contributed by atoms with E-state index in [1.165, 1.54) is 32.0 Å². The van der Waals surface area contributed by atoms with Crippen molar-refractivity contribution in [2.24, 2.45) is 0 Å². The molecule has 8 heteroatoms. The second-order valence-corrected chi connectivity index (χ2v) is 7.05. The molecule has 0 atom stereocenters. The molecule has 0 unspecified atom stereocenters. The zero-order chi connectivity index (χ0) is 18.0. The maximum Gasteiger partial charge on any atom is 0.416 e. The van der Waals surface area contributed by atoms with Crippen LogP contribution in [0.25, 0.3) is 5.57 Å². The third kappa shape index (κ3) is 4.12. The number of fused-ring (bicyclic) bond motifs is 1. The summed E-state index contributed by atoms with van der Waals surface area (Å²) in [4.78, 5) is 11.5. The molecule has 1 aliphatic heterocycles. The van der Waals surface area contributed by atoms with Crippen LogP contribution in [-0.2, 0) is 20.4 Å². The number of allylic oxidation sites excluding steroid dienone is 1. The fraction of sp³-hybridized carbons (Fsp3) is 0.438. The molecule has 0 aromatic heterocycles. The van der Waals surface area contributed by atoms with Crippen molar-refractivity contribution in [3.8, 4) is 0 Å². The quantitative estimate of drug-likeness (QED) is 0.810. The van der Waals surface area contributed by atoms with Crippen molar-refractivity contribution in [3.05, 3.63) is 35.4 Å². The van der Waals surface area contributed by atoms with Gasteiger partial charge in [-0.3, -0.25) is 0 Å². The predicted octanol–water partition coefficient (Wildman–Crippen LogP) is 3.70. The molecule has 0 saturated heterocycles. The van der Waals surface area contributed by atoms with Gasteiger partial charge in [0, 0.05) is 25.2 Å². The molecule has 1 N–H and O–H groups in total. The Hall–Kier alpha value is -1.51. The zero-order valence-corrected chi connectivity index (χ0v) is 14.0. The fourth-order valence-electron chi connectivity index (χ4n) is 2.77. The van der Waals surface area contributed by atoms with Gasteiger partial charge in [0.15, 0.2) is 0 Å². The second kappa shape index (κ2) is 7.16. The highest BCUT2D eigenvalue weighted by Gasteiger charge is 2.40. The minimum atomic E-state index is -4.46. The van der Waals surface area contributed by atoms with E-state index in [0.29, 0.717) is 22.5 Å². The monoisotopic (exact) mass is 362 g/mol. The highest BCUT2D eigenvalue weighted by atomic mass is 32.2. The van der Waals surface area contributed by atoms with Crippen LogP contribution in [-0.4, -0.2) is 43.3 Å². The molecule has 1 aromatic carbocycles. The molecule has 1 aromatic rings. The Kier molecular flexibility index (Phi) is 5.62. The summed E-state index contributed by atoms with van der Waals surface area (Å²) in [6.45, 7) is 0.441. The molecular formula is C16H17F3O4S. The fourth-order valence-corrected chi connectivity index (χ4v) is 4.31. The third-order valence-corrected chi connectivity index (χ3v) is 4.98. The number of halogens is 3. The Bertz CT molecular complexity index is 649. The van der Waals surface area contributed by atoms with Crippen molar-refractivity contribution in [1.82, 2.24) is 0 Å². The summed E-state index contributed by atoms with van der Waals surface area (Å²) in [6, 6.07) is 3.34. The molecule has 0 bridgehead atoms. The normalized spacial score (nSPS) is 18.5. The molecule has 24 heavy (non-hydrogen) atoms. The molecule has 1 aliphatic rings. The van der Waals surface area contributed by atoms with E-state index in [-0.39, 0.29) is 13.2 Å². The van der Waals surface area contributed by atoms with Crippen LogP contribution in [0.1, 0.15) is 17.5 Å². The largest absolute Gasteiger partial charge is 0.478 e. The summed E-state index contributed by atoms with van der Waals surface area (Å²) in [6.07, 6.45) is -3.11. The number of hydrogen-bond donors (Lipinski definition) is 1. The van der Waals surface area contributed by atoms with Gasteiger partial charge < -0.3 is 14.6 Å². The van der Waals surface area contributed by atoms with Gasteiger partial charge in [0.1, 0.15) is 0 Å². The summed E-state index contributed by atoms with van der Waals surface area (Å²) in [7, 11) is 2.97. The molecule has 0 fully saturated rings. The van der Waals surface area contributed by atoms with Crippen molar-refractivity contribution in [2.45, 2.75) is 22.2 Å². The van der Waals surface area contributed by atoms with Crippen LogP contribution < -0.4 is 0 Å². The first-order valence-corrected chi connectivity index (χ1v) is 7.84. The first-order valence-electron chi connectivity index (χ1n) is 7.03.